The lowest BCUT2D eigenvalue weighted by Crippen LogP contribution is -2.46. The first-order chi connectivity index (χ1) is 10.1. The SMILES string of the molecule is Cn1cc(C(=O)N2CCC[C@@H](C(=O)N3CCCC3)C2)cn1. The molecule has 1 atom stereocenters. The van der Waals surface area contributed by atoms with Gasteiger partial charge in [0, 0.05) is 39.4 Å². The van der Waals surface area contributed by atoms with Gasteiger partial charge in [-0.25, -0.2) is 0 Å². The average Bonchev–Trinajstić information content (AvgIpc) is 3.17. The molecule has 0 aromatic carbocycles. The zero-order chi connectivity index (χ0) is 14.8. The minimum absolute atomic E-state index is 0.0120. The summed E-state index contributed by atoms with van der Waals surface area (Å²) in [5, 5.41) is 4.04. The third-order valence-corrected chi connectivity index (χ3v) is 4.43. The summed E-state index contributed by atoms with van der Waals surface area (Å²) in [5.41, 5.74) is 0.603. The lowest BCUT2D eigenvalue weighted by atomic mass is 9.96. The summed E-state index contributed by atoms with van der Waals surface area (Å²) in [6.07, 6.45) is 7.33. The van der Waals surface area contributed by atoms with E-state index in [-0.39, 0.29) is 17.7 Å². The molecule has 0 N–H and O–H groups in total. The van der Waals surface area contributed by atoms with Crippen LogP contribution in [0.15, 0.2) is 12.4 Å². The first kappa shape index (κ1) is 14.1. The fourth-order valence-electron chi connectivity index (χ4n) is 3.27. The number of aryl methyl sites for hydroxylation is 1. The van der Waals surface area contributed by atoms with E-state index < -0.39 is 0 Å². The number of carbonyl (C=O) groups excluding carboxylic acids is 2. The summed E-state index contributed by atoms with van der Waals surface area (Å²) in [7, 11) is 1.80. The number of hydrogen-bond donors (Lipinski definition) is 0. The van der Waals surface area contributed by atoms with Crippen molar-refractivity contribution in [3.8, 4) is 0 Å². The van der Waals surface area contributed by atoms with Gasteiger partial charge in [0.05, 0.1) is 17.7 Å². The molecule has 0 unspecified atom stereocenters. The van der Waals surface area contributed by atoms with Crippen molar-refractivity contribution in [3.63, 3.8) is 0 Å². The van der Waals surface area contributed by atoms with E-state index in [9.17, 15) is 9.59 Å². The van der Waals surface area contributed by atoms with E-state index in [1.807, 2.05) is 4.90 Å². The van der Waals surface area contributed by atoms with Crippen LogP contribution in [0.25, 0.3) is 0 Å². The highest BCUT2D eigenvalue weighted by atomic mass is 16.2. The Kier molecular flexibility index (Phi) is 3.94. The minimum Gasteiger partial charge on any atom is -0.342 e. The molecule has 0 radical (unpaired) electrons. The Morgan fingerprint density at radius 3 is 2.52 bits per heavy atom. The van der Waals surface area contributed by atoms with Crippen LogP contribution < -0.4 is 0 Å². The molecule has 0 bridgehead atoms. The highest BCUT2D eigenvalue weighted by molar-refractivity contribution is 5.94. The van der Waals surface area contributed by atoms with E-state index in [0.29, 0.717) is 12.1 Å². The third kappa shape index (κ3) is 2.94. The predicted molar refractivity (Wildman–Crippen MR) is 77.6 cm³/mol. The van der Waals surface area contributed by atoms with Gasteiger partial charge in [-0.05, 0) is 25.7 Å². The predicted octanol–water partition coefficient (Wildman–Crippen LogP) is 0.895. The number of nitrogens with zero attached hydrogens (tertiary/aromatic N) is 4. The summed E-state index contributed by atoms with van der Waals surface area (Å²) < 4.78 is 1.63. The topological polar surface area (TPSA) is 58.4 Å². The van der Waals surface area contributed by atoms with Crippen LogP contribution in [-0.2, 0) is 11.8 Å². The molecule has 6 heteroatoms. The van der Waals surface area contributed by atoms with Crippen LogP contribution in [0, 0.1) is 5.92 Å². The van der Waals surface area contributed by atoms with Crippen LogP contribution in [0.2, 0.25) is 0 Å². The van der Waals surface area contributed by atoms with Crippen molar-refractivity contribution in [3.05, 3.63) is 18.0 Å². The number of likely N-dealkylation sites (tertiary alicyclic amines) is 2. The van der Waals surface area contributed by atoms with Crippen LogP contribution in [0.3, 0.4) is 0 Å². The van der Waals surface area contributed by atoms with Gasteiger partial charge in [0.2, 0.25) is 5.91 Å². The van der Waals surface area contributed by atoms with Crippen LogP contribution in [0.4, 0.5) is 0 Å². The lowest BCUT2D eigenvalue weighted by Gasteiger charge is -2.33. The van der Waals surface area contributed by atoms with Crippen molar-refractivity contribution in [2.45, 2.75) is 25.7 Å². The summed E-state index contributed by atoms with van der Waals surface area (Å²) in [6.45, 7) is 3.04. The largest absolute Gasteiger partial charge is 0.342 e. The highest BCUT2D eigenvalue weighted by Crippen LogP contribution is 2.22. The van der Waals surface area contributed by atoms with Gasteiger partial charge < -0.3 is 9.80 Å². The van der Waals surface area contributed by atoms with Crippen molar-refractivity contribution in [1.82, 2.24) is 19.6 Å². The molecule has 21 heavy (non-hydrogen) atoms. The van der Waals surface area contributed by atoms with Crippen LogP contribution in [-0.4, -0.2) is 57.6 Å². The molecule has 3 rings (SSSR count). The zero-order valence-corrected chi connectivity index (χ0v) is 12.5. The van der Waals surface area contributed by atoms with Crippen molar-refractivity contribution in [2.24, 2.45) is 13.0 Å². The van der Waals surface area contributed by atoms with Gasteiger partial charge in [-0.15, -0.1) is 0 Å². The smallest absolute Gasteiger partial charge is 0.257 e. The Bertz CT molecular complexity index is 534. The Labute approximate surface area is 124 Å². The maximum atomic E-state index is 12.5. The van der Waals surface area contributed by atoms with Crippen LogP contribution >= 0.6 is 0 Å². The van der Waals surface area contributed by atoms with Crippen molar-refractivity contribution >= 4 is 11.8 Å². The normalized spacial score (nSPS) is 22.6. The van der Waals surface area contributed by atoms with E-state index in [4.69, 9.17) is 0 Å². The quantitative estimate of drug-likeness (QED) is 0.813. The van der Waals surface area contributed by atoms with Gasteiger partial charge >= 0.3 is 0 Å². The number of amides is 2. The second-order valence-electron chi connectivity index (χ2n) is 6.03. The molecule has 0 spiro atoms. The standard InChI is InChI=1S/C15H22N4O2/c1-17-10-13(9-16-17)15(21)19-8-4-5-12(11-19)14(20)18-6-2-3-7-18/h9-10,12H,2-8,11H2,1H3/t12-/m1/s1. The molecule has 3 heterocycles. The molecular weight excluding hydrogens is 268 g/mol. The fraction of sp³-hybridized carbons (Fsp3) is 0.667. The maximum Gasteiger partial charge on any atom is 0.257 e. The number of carbonyl (C=O) groups is 2. The second kappa shape index (κ2) is 5.87. The number of piperidine rings is 1. The second-order valence-corrected chi connectivity index (χ2v) is 6.03. The van der Waals surface area contributed by atoms with Gasteiger partial charge in [-0.3, -0.25) is 14.3 Å². The molecule has 2 aliphatic rings. The van der Waals surface area contributed by atoms with Gasteiger partial charge in [0.15, 0.2) is 0 Å². The molecular formula is C15H22N4O2. The fourth-order valence-corrected chi connectivity index (χ4v) is 3.27. The molecule has 2 fully saturated rings. The molecule has 0 saturated carbocycles. The Hall–Kier alpha value is -1.85. The van der Waals surface area contributed by atoms with E-state index >= 15 is 0 Å². The van der Waals surface area contributed by atoms with Gasteiger partial charge in [-0.2, -0.15) is 5.10 Å². The first-order valence-electron chi connectivity index (χ1n) is 7.72. The Morgan fingerprint density at radius 1 is 1.14 bits per heavy atom. The molecule has 2 saturated heterocycles. The van der Waals surface area contributed by atoms with E-state index in [1.54, 1.807) is 29.0 Å². The zero-order valence-electron chi connectivity index (χ0n) is 12.5. The van der Waals surface area contributed by atoms with E-state index in [2.05, 4.69) is 5.10 Å². The van der Waals surface area contributed by atoms with Crippen molar-refractivity contribution in [1.29, 1.82) is 0 Å². The molecule has 2 amide bonds. The van der Waals surface area contributed by atoms with Gasteiger partial charge in [-0.1, -0.05) is 0 Å². The van der Waals surface area contributed by atoms with Gasteiger partial charge in [0.1, 0.15) is 0 Å². The summed E-state index contributed by atoms with van der Waals surface area (Å²) in [5.74, 6) is 0.190. The Morgan fingerprint density at radius 2 is 1.86 bits per heavy atom. The molecule has 1 aromatic heterocycles. The molecule has 114 valence electrons. The molecule has 1 aromatic rings. The van der Waals surface area contributed by atoms with Crippen LogP contribution in [0.1, 0.15) is 36.0 Å². The summed E-state index contributed by atoms with van der Waals surface area (Å²) >= 11 is 0. The number of hydrogen-bond acceptors (Lipinski definition) is 3. The lowest BCUT2D eigenvalue weighted by molar-refractivity contribution is -0.135. The summed E-state index contributed by atoms with van der Waals surface area (Å²) in [4.78, 5) is 28.7. The number of rotatable bonds is 2. The summed E-state index contributed by atoms with van der Waals surface area (Å²) in [6, 6.07) is 0. The van der Waals surface area contributed by atoms with Gasteiger partial charge in [0.25, 0.3) is 5.91 Å². The maximum absolute atomic E-state index is 12.5. The average molecular weight is 290 g/mol. The van der Waals surface area contributed by atoms with Crippen LogP contribution in [0.5, 0.6) is 0 Å². The van der Waals surface area contributed by atoms with Crippen molar-refractivity contribution in [2.75, 3.05) is 26.2 Å². The highest BCUT2D eigenvalue weighted by Gasteiger charge is 2.32. The first-order valence-corrected chi connectivity index (χ1v) is 7.72. The van der Waals surface area contributed by atoms with Crippen molar-refractivity contribution < 1.29 is 9.59 Å². The van der Waals surface area contributed by atoms with E-state index in [0.717, 1.165) is 45.3 Å². The van der Waals surface area contributed by atoms with E-state index in [1.165, 1.54) is 0 Å². The molecule has 0 aliphatic carbocycles. The third-order valence-electron chi connectivity index (χ3n) is 4.43. The molecule has 2 aliphatic heterocycles. The monoisotopic (exact) mass is 290 g/mol. The minimum atomic E-state index is -0.0301. The molecule has 6 nitrogen and oxygen atoms in total. The Balaban J connectivity index is 1.65. The number of aromatic nitrogens is 2.